The number of nitrogens with one attached hydrogen (secondary N) is 2. The molecule has 0 bridgehead atoms. The molecule has 2 saturated heterocycles. The maximum absolute atomic E-state index is 9.04. The van der Waals surface area contributed by atoms with E-state index in [1.807, 2.05) is 29.2 Å². The zero-order valence-corrected chi connectivity index (χ0v) is 18.9. The maximum Gasteiger partial charge on any atom is 0.169 e. The second-order valence-electron chi connectivity index (χ2n) is 7.14. The first-order chi connectivity index (χ1) is 13.7. The van der Waals surface area contributed by atoms with Crippen LogP contribution in [0.25, 0.3) is 0 Å². The van der Waals surface area contributed by atoms with Crippen molar-refractivity contribution in [1.29, 1.82) is 10.5 Å². The summed E-state index contributed by atoms with van der Waals surface area (Å²) in [7, 11) is 1.78. The average Bonchev–Trinajstić information content (AvgIpc) is 3.36. The molecule has 0 amide bonds. The molecule has 3 heterocycles. The number of methoxy groups -OCH3 is 1. The minimum atomic E-state index is 0. The molecule has 2 fully saturated rings. The van der Waals surface area contributed by atoms with Crippen LogP contribution in [0, 0.1) is 22.7 Å². The second-order valence-corrected chi connectivity index (χ2v) is 7.14. The van der Waals surface area contributed by atoms with Crippen molar-refractivity contribution in [3.8, 4) is 12.1 Å². The van der Waals surface area contributed by atoms with Gasteiger partial charge in [0.1, 0.15) is 29.5 Å². The molecule has 2 N–H and O–H groups in total. The van der Waals surface area contributed by atoms with E-state index in [2.05, 4.69) is 15.5 Å². The molecule has 1 atom stereocenters. The molecule has 2 aliphatic heterocycles. The molecule has 0 radical (unpaired) electrons. The Morgan fingerprint density at radius 2 is 2.03 bits per heavy atom. The summed E-state index contributed by atoms with van der Waals surface area (Å²) in [5.74, 6) is 2.54. The molecule has 0 saturated carbocycles. The Balaban J connectivity index is 0.00000225. The Kier molecular flexibility index (Phi) is 11.6. The van der Waals surface area contributed by atoms with Gasteiger partial charge in [-0.1, -0.05) is 0 Å². The molecule has 1 aromatic rings. The van der Waals surface area contributed by atoms with E-state index >= 15 is 0 Å². The molecule has 0 spiro atoms. The number of rotatable bonds is 8. The second kappa shape index (κ2) is 13.4. The first-order valence-electron chi connectivity index (χ1n) is 9.80. The van der Waals surface area contributed by atoms with Gasteiger partial charge in [0.15, 0.2) is 5.57 Å². The van der Waals surface area contributed by atoms with Gasteiger partial charge in [-0.15, -0.1) is 24.8 Å². The number of nitriles is 2. The lowest BCUT2D eigenvalue weighted by atomic mass is 10.1. The Hall–Kier alpha value is -1.94. The summed E-state index contributed by atoms with van der Waals surface area (Å²) in [6.07, 6.45) is 2.62. The van der Waals surface area contributed by atoms with Gasteiger partial charge in [0.05, 0.1) is 19.2 Å². The highest BCUT2D eigenvalue weighted by molar-refractivity contribution is 5.85. The number of piperidine rings is 1. The van der Waals surface area contributed by atoms with E-state index in [9.17, 15) is 0 Å². The predicted octanol–water partition coefficient (Wildman–Crippen LogP) is 1.99. The first-order valence-corrected chi connectivity index (χ1v) is 9.80. The summed E-state index contributed by atoms with van der Waals surface area (Å²) < 4.78 is 11.4. The van der Waals surface area contributed by atoms with Crippen LogP contribution in [0.3, 0.4) is 0 Å². The minimum absolute atomic E-state index is 0. The van der Waals surface area contributed by atoms with E-state index in [0.717, 1.165) is 70.2 Å². The lowest BCUT2D eigenvalue weighted by molar-refractivity contribution is 0.0262. The molecule has 1 aromatic heterocycles. The van der Waals surface area contributed by atoms with E-state index in [1.165, 1.54) is 0 Å². The number of likely N-dealkylation sites (tertiary alicyclic amines) is 1. The van der Waals surface area contributed by atoms with Crippen molar-refractivity contribution in [2.75, 3.05) is 46.4 Å². The van der Waals surface area contributed by atoms with Gasteiger partial charge in [0.2, 0.25) is 0 Å². The number of halogens is 2. The summed E-state index contributed by atoms with van der Waals surface area (Å²) in [5, 5.41) is 24.6. The number of ether oxygens (including phenoxy) is 1. The van der Waals surface area contributed by atoms with Crippen LogP contribution in [0.5, 0.6) is 0 Å². The first kappa shape index (κ1) is 26.1. The zero-order valence-electron chi connectivity index (χ0n) is 17.2. The normalized spacial score (nSPS) is 18.6. The highest BCUT2D eigenvalue weighted by Gasteiger charge is 2.21. The number of furan rings is 1. The van der Waals surface area contributed by atoms with Crippen LogP contribution in [0.4, 0.5) is 0 Å². The van der Waals surface area contributed by atoms with Crippen molar-refractivity contribution in [2.45, 2.75) is 32.0 Å². The summed E-state index contributed by atoms with van der Waals surface area (Å²) in [6, 6.07) is 7.97. The molecule has 10 heteroatoms. The topological polar surface area (TPSA) is 100 Å². The van der Waals surface area contributed by atoms with Crippen LogP contribution in [0.2, 0.25) is 0 Å². The smallest absolute Gasteiger partial charge is 0.169 e. The van der Waals surface area contributed by atoms with Gasteiger partial charge in [-0.3, -0.25) is 4.90 Å². The summed E-state index contributed by atoms with van der Waals surface area (Å²) >= 11 is 0. The molecule has 166 valence electrons. The third-order valence-corrected chi connectivity index (χ3v) is 5.20. The van der Waals surface area contributed by atoms with Crippen LogP contribution in [-0.2, 0) is 17.8 Å². The minimum Gasteiger partial charge on any atom is -0.463 e. The van der Waals surface area contributed by atoms with Crippen molar-refractivity contribution in [3.05, 3.63) is 35.0 Å². The van der Waals surface area contributed by atoms with Gasteiger partial charge >= 0.3 is 0 Å². The quantitative estimate of drug-likeness (QED) is 0.452. The van der Waals surface area contributed by atoms with Gasteiger partial charge in [0.25, 0.3) is 0 Å². The van der Waals surface area contributed by atoms with Crippen molar-refractivity contribution in [2.24, 2.45) is 0 Å². The Morgan fingerprint density at radius 1 is 1.27 bits per heavy atom. The fourth-order valence-electron chi connectivity index (χ4n) is 3.73. The van der Waals surface area contributed by atoms with E-state index in [1.54, 1.807) is 7.11 Å². The molecule has 30 heavy (non-hydrogen) atoms. The summed E-state index contributed by atoms with van der Waals surface area (Å²) in [5.41, 5.74) is 0.140. The fraction of sp³-hybridized carbons (Fsp3) is 0.600. The highest BCUT2D eigenvalue weighted by atomic mass is 35.5. The summed E-state index contributed by atoms with van der Waals surface area (Å²) in [4.78, 5) is 4.41. The monoisotopic (exact) mass is 456 g/mol. The molecule has 8 nitrogen and oxygen atoms in total. The van der Waals surface area contributed by atoms with Crippen LogP contribution < -0.4 is 10.6 Å². The number of allylic oxidation sites excluding steroid dienone is 1. The molecule has 2 aliphatic rings. The average molecular weight is 457 g/mol. The zero-order chi connectivity index (χ0) is 19.8. The molecular formula is C20H30Cl2N6O2. The Bertz CT molecular complexity index is 754. The number of hydrogen-bond acceptors (Lipinski definition) is 8. The van der Waals surface area contributed by atoms with Gasteiger partial charge in [-0.05, 0) is 31.5 Å². The van der Waals surface area contributed by atoms with Crippen molar-refractivity contribution in [3.63, 3.8) is 0 Å². The number of hydrogen-bond donors (Lipinski definition) is 2. The standard InChI is InChI=1S/C20H28N6O2.2ClH/c1-27-18-3-2-8-25(14-18)15-19-5-4-17(28-19)13-23-6-9-26-10-7-24-20(26)16(11-21)12-22;;/h4-5,18,23-24H,2-3,6-10,13-15H2,1H3;2*1H. The molecule has 0 aromatic carbocycles. The molecule has 1 unspecified atom stereocenters. The van der Waals surface area contributed by atoms with Crippen molar-refractivity contribution in [1.82, 2.24) is 20.4 Å². The van der Waals surface area contributed by atoms with Gasteiger partial charge in [0, 0.05) is 39.8 Å². The largest absolute Gasteiger partial charge is 0.463 e. The Labute approximate surface area is 190 Å². The van der Waals surface area contributed by atoms with E-state index in [-0.39, 0.29) is 30.4 Å². The van der Waals surface area contributed by atoms with Crippen LogP contribution in [0.15, 0.2) is 27.9 Å². The van der Waals surface area contributed by atoms with Gasteiger partial charge < -0.3 is 24.7 Å². The highest BCUT2D eigenvalue weighted by Crippen LogP contribution is 2.17. The van der Waals surface area contributed by atoms with Gasteiger partial charge in [-0.2, -0.15) is 10.5 Å². The summed E-state index contributed by atoms with van der Waals surface area (Å²) in [6.45, 7) is 6.54. The lowest BCUT2D eigenvalue weighted by Crippen LogP contribution is -2.38. The molecular weight excluding hydrogens is 427 g/mol. The maximum atomic E-state index is 9.04. The fourth-order valence-corrected chi connectivity index (χ4v) is 3.73. The molecule has 0 aliphatic carbocycles. The Morgan fingerprint density at radius 3 is 2.77 bits per heavy atom. The number of nitrogens with zero attached hydrogens (tertiary/aromatic N) is 4. The van der Waals surface area contributed by atoms with Crippen LogP contribution in [0.1, 0.15) is 24.4 Å². The van der Waals surface area contributed by atoms with Crippen LogP contribution >= 0.6 is 24.8 Å². The third kappa shape index (κ3) is 7.09. The van der Waals surface area contributed by atoms with E-state index in [0.29, 0.717) is 18.5 Å². The SMILES string of the molecule is COC1CCCN(Cc2ccc(CNCCN3CCNC3=C(C#N)C#N)o2)C1.Cl.Cl. The lowest BCUT2D eigenvalue weighted by Gasteiger charge is -2.31. The predicted molar refractivity (Wildman–Crippen MR) is 118 cm³/mol. The van der Waals surface area contributed by atoms with Crippen LogP contribution in [-0.4, -0.2) is 62.3 Å². The van der Waals surface area contributed by atoms with Crippen molar-refractivity contribution >= 4 is 24.8 Å². The van der Waals surface area contributed by atoms with E-state index in [4.69, 9.17) is 19.7 Å². The van der Waals surface area contributed by atoms with Crippen molar-refractivity contribution < 1.29 is 9.15 Å². The van der Waals surface area contributed by atoms with Gasteiger partial charge in [-0.25, -0.2) is 0 Å². The third-order valence-electron chi connectivity index (χ3n) is 5.20. The van der Waals surface area contributed by atoms with E-state index < -0.39 is 0 Å². The molecule has 3 rings (SSSR count).